The Kier molecular flexibility index (Phi) is 6.52. The maximum Gasteiger partial charge on any atom is 0.410 e. The van der Waals surface area contributed by atoms with Crippen LogP contribution in [0.1, 0.15) is 48.0 Å². The Labute approximate surface area is 147 Å². The van der Waals surface area contributed by atoms with Crippen LogP contribution in [-0.4, -0.2) is 66.5 Å². The molecule has 6 nitrogen and oxygen atoms in total. The normalized spacial score (nSPS) is 26.4. The Bertz CT molecular complexity index is 441. The third kappa shape index (κ3) is 5.72. The van der Waals surface area contributed by atoms with Gasteiger partial charge in [0.05, 0.1) is 31.4 Å². The van der Waals surface area contributed by atoms with Crippen molar-refractivity contribution in [2.45, 2.75) is 89.9 Å². The van der Waals surface area contributed by atoms with Crippen LogP contribution in [0.3, 0.4) is 0 Å². The predicted molar refractivity (Wildman–Crippen MR) is 96.5 cm³/mol. The Morgan fingerprint density at radius 1 is 1.12 bits per heavy atom. The average molecular weight is 362 g/mol. The zero-order valence-corrected chi connectivity index (χ0v) is 17.4. The van der Waals surface area contributed by atoms with Crippen molar-refractivity contribution in [2.75, 3.05) is 13.2 Å². The minimum Gasteiger partial charge on any atom is -0.444 e. The van der Waals surface area contributed by atoms with Crippen molar-refractivity contribution < 1.29 is 24.2 Å². The van der Waals surface area contributed by atoms with Crippen LogP contribution < -0.4 is 0 Å². The Hall–Kier alpha value is -0.633. The van der Waals surface area contributed by atoms with Gasteiger partial charge in [-0.2, -0.15) is 0 Å². The van der Waals surface area contributed by atoms with Gasteiger partial charge in [-0.15, -0.1) is 0 Å². The fourth-order valence-electron chi connectivity index (χ4n) is 2.26. The Morgan fingerprint density at radius 2 is 1.67 bits per heavy atom. The van der Waals surface area contributed by atoms with Gasteiger partial charge >= 0.3 is 6.09 Å². The molecule has 0 saturated carbocycles. The molecule has 0 aromatic heterocycles. The van der Waals surface area contributed by atoms with Gasteiger partial charge in [0.2, 0.25) is 0 Å². The Balaban J connectivity index is 2.85. The number of ether oxygens (including phenoxy) is 1. The van der Waals surface area contributed by atoms with Gasteiger partial charge in [-0.05, 0) is 45.3 Å². The summed E-state index contributed by atoms with van der Waals surface area (Å²) < 4.78 is 11.7. The van der Waals surface area contributed by atoms with E-state index in [1.165, 1.54) is 4.90 Å². The summed E-state index contributed by atoms with van der Waals surface area (Å²) in [5.41, 5.74) is -0.608. The van der Waals surface area contributed by atoms with Crippen LogP contribution >= 0.6 is 0 Å². The molecular formula is C17H35NO5Si. The highest BCUT2D eigenvalue weighted by Gasteiger charge is 2.42. The topological polar surface area (TPSA) is 79.2 Å². The van der Waals surface area contributed by atoms with Gasteiger partial charge in [-0.1, -0.05) is 20.8 Å². The largest absolute Gasteiger partial charge is 0.444 e. The van der Waals surface area contributed by atoms with Crippen molar-refractivity contribution in [3.63, 3.8) is 0 Å². The molecule has 1 saturated heterocycles. The lowest BCUT2D eigenvalue weighted by Gasteiger charge is -2.43. The minimum atomic E-state index is -1.96. The van der Waals surface area contributed by atoms with Crippen LogP contribution in [-0.2, 0) is 9.16 Å². The third-order valence-corrected chi connectivity index (χ3v) is 9.35. The summed E-state index contributed by atoms with van der Waals surface area (Å²) in [6.07, 6.45) is -2.00. The molecule has 7 heteroatoms. The van der Waals surface area contributed by atoms with E-state index in [-0.39, 0.29) is 24.0 Å². The van der Waals surface area contributed by atoms with E-state index in [2.05, 4.69) is 33.9 Å². The number of amides is 1. The zero-order chi connectivity index (χ0) is 18.9. The molecule has 0 aliphatic carbocycles. The molecule has 3 atom stereocenters. The number of rotatable bonds is 3. The van der Waals surface area contributed by atoms with E-state index in [4.69, 9.17) is 9.16 Å². The molecule has 0 bridgehead atoms. The second kappa shape index (κ2) is 7.31. The number of hydrogen-bond acceptors (Lipinski definition) is 5. The highest BCUT2D eigenvalue weighted by atomic mass is 28.4. The molecule has 1 rings (SSSR count). The first-order valence-corrected chi connectivity index (χ1v) is 11.5. The van der Waals surface area contributed by atoms with Crippen LogP contribution in [0.4, 0.5) is 4.79 Å². The number of aliphatic hydroxyl groups excluding tert-OH is 2. The van der Waals surface area contributed by atoms with Gasteiger partial charge in [-0.3, -0.25) is 0 Å². The quantitative estimate of drug-likeness (QED) is 0.756. The summed E-state index contributed by atoms with van der Waals surface area (Å²) in [7, 11) is -1.96. The van der Waals surface area contributed by atoms with Crippen LogP contribution in [0.15, 0.2) is 0 Å². The summed E-state index contributed by atoms with van der Waals surface area (Å²) in [6, 6.07) is -0.299. The van der Waals surface area contributed by atoms with E-state index >= 15 is 0 Å². The lowest BCUT2D eigenvalue weighted by Crippen LogP contribution is -2.58. The predicted octanol–water partition coefficient (Wildman–Crippen LogP) is 2.74. The molecule has 1 amide bonds. The zero-order valence-electron chi connectivity index (χ0n) is 16.4. The van der Waals surface area contributed by atoms with Gasteiger partial charge in [0, 0.05) is 0 Å². The molecule has 0 radical (unpaired) electrons. The molecule has 0 aromatic carbocycles. The van der Waals surface area contributed by atoms with E-state index in [9.17, 15) is 15.0 Å². The summed E-state index contributed by atoms with van der Waals surface area (Å²) in [4.78, 5) is 14.0. The van der Waals surface area contributed by atoms with Gasteiger partial charge in [0.15, 0.2) is 8.32 Å². The maximum absolute atomic E-state index is 12.5. The number of hydrogen-bond donors (Lipinski definition) is 2. The molecule has 1 fully saturated rings. The highest BCUT2D eigenvalue weighted by molar-refractivity contribution is 6.74. The summed E-state index contributed by atoms with van der Waals surface area (Å²) in [6.45, 7) is 16.6. The van der Waals surface area contributed by atoms with Crippen LogP contribution in [0, 0.1) is 0 Å². The average Bonchev–Trinajstić information content (AvgIpc) is 2.36. The summed E-state index contributed by atoms with van der Waals surface area (Å²) in [5, 5.41) is 20.0. The van der Waals surface area contributed by atoms with Crippen molar-refractivity contribution in [1.29, 1.82) is 0 Å². The first kappa shape index (κ1) is 21.4. The monoisotopic (exact) mass is 361 g/mol. The number of carbonyl (C=O) groups is 1. The van der Waals surface area contributed by atoms with Crippen molar-refractivity contribution >= 4 is 14.4 Å². The molecule has 1 aliphatic rings. The lowest BCUT2D eigenvalue weighted by molar-refractivity contribution is -0.0738. The number of β-amino-alcohol motifs (C(OH)–C–C–N with tert-alkyl or cyclic N) is 1. The number of nitrogens with zero attached hydrogens (tertiary/aromatic N) is 1. The highest BCUT2D eigenvalue weighted by Crippen LogP contribution is 2.37. The van der Waals surface area contributed by atoms with E-state index in [0.717, 1.165) is 0 Å². The maximum atomic E-state index is 12.5. The van der Waals surface area contributed by atoms with E-state index in [0.29, 0.717) is 6.61 Å². The second-order valence-electron chi connectivity index (χ2n) is 9.23. The number of piperidine rings is 1. The fourth-order valence-corrected chi connectivity index (χ4v) is 3.30. The molecule has 2 N–H and O–H groups in total. The molecule has 1 aliphatic heterocycles. The molecule has 24 heavy (non-hydrogen) atoms. The fraction of sp³-hybridized carbons (Fsp3) is 0.941. The van der Waals surface area contributed by atoms with Gasteiger partial charge in [-0.25, -0.2) is 4.79 Å². The third-order valence-electron chi connectivity index (χ3n) is 4.85. The van der Waals surface area contributed by atoms with Crippen molar-refractivity contribution in [3.05, 3.63) is 0 Å². The number of carbonyl (C=O) groups excluding carboxylic acids is 1. The molecule has 0 unspecified atom stereocenters. The summed E-state index contributed by atoms with van der Waals surface area (Å²) in [5.74, 6) is 0. The first-order valence-electron chi connectivity index (χ1n) is 8.64. The molecule has 0 spiro atoms. The number of aliphatic hydroxyl groups is 2. The van der Waals surface area contributed by atoms with Crippen LogP contribution in [0.2, 0.25) is 18.1 Å². The first-order chi connectivity index (χ1) is 10.6. The summed E-state index contributed by atoms with van der Waals surface area (Å²) >= 11 is 0. The van der Waals surface area contributed by atoms with E-state index < -0.39 is 32.2 Å². The minimum absolute atomic E-state index is 0.0572. The smallest absolute Gasteiger partial charge is 0.410 e. The van der Waals surface area contributed by atoms with Crippen molar-refractivity contribution in [1.82, 2.24) is 4.90 Å². The standard InChI is InChI=1S/C17H35NO5Si/c1-16(2,3)23-15(21)18-10-14(20)13(19)9-12(18)11-22-24(7,8)17(4,5)6/h12-14,19-20H,9-11H2,1-8H3/t12-,13-,14+/m0/s1. The van der Waals surface area contributed by atoms with Gasteiger partial charge < -0.3 is 24.3 Å². The van der Waals surface area contributed by atoms with Crippen molar-refractivity contribution in [3.8, 4) is 0 Å². The van der Waals surface area contributed by atoms with E-state index in [1.807, 2.05) is 0 Å². The SMILES string of the molecule is CC(C)(C)OC(=O)N1C[C@@H](O)[C@@H](O)C[C@H]1CO[Si](C)(C)C(C)(C)C. The molecular weight excluding hydrogens is 326 g/mol. The molecule has 0 aromatic rings. The number of likely N-dealkylation sites (tertiary alicyclic amines) is 1. The van der Waals surface area contributed by atoms with Crippen LogP contribution in [0.25, 0.3) is 0 Å². The van der Waals surface area contributed by atoms with Crippen molar-refractivity contribution in [2.24, 2.45) is 0 Å². The molecule has 1 heterocycles. The van der Waals surface area contributed by atoms with Gasteiger partial charge in [0.25, 0.3) is 0 Å². The van der Waals surface area contributed by atoms with Crippen LogP contribution in [0.5, 0.6) is 0 Å². The molecule has 142 valence electrons. The lowest BCUT2D eigenvalue weighted by atomic mass is 9.98. The van der Waals surface area contributed by atoms with Gasteiger partial charge in [0.1, 0.15) is 5.60 Å². The second-order valence-corrected chi connectivity index (χ2v) is 14.0. The Morgan fingerprint density at radius 3 is 2.12 bits per heavy atom. The van der Waals surface area contributed by atoms with E-state index in [1.54, 1.807) is 20.8 Å².